The molecule has 0 bridgehead atoms. The highest BCUT2D eigenvalue weighted by atomic mass is 16.5. The summed E-state index contributed by atoms with van der Waals surface area (Å²) < 4.78 is 5.09. The summed E-state index contributed by atoms with van der Waals surface area (Å²) in [7, 11) is 0. The molecule has 0 aliphatic heterocycles. The molecule has 0 aromatic heterocycles. The van der Waals surface area contributed by atoms with Gasteiger partial charge in [-0.25, -0.2) is 9.59 Å². The molecule has 3 amide bonds. The molecule has 2 saturated carbocycles. The van der Waals surface area contributed by atoms with E-state index in [9.17, 15) is 14.4 Å². The monoisotopic (exact) mass is 345 g/mol. The van der Waals surface area contributed by atoms with Crippen molar-refractivity contribution >= 4 is 17.9 Å². The molecule has 2 aliphatic rings. The minimum absolute atomic E-state index is 0.237. The van der Waals surface area contributed by atoms with Crippen molar-refractivity contribution in [3.8, 4) is 0 Å². The van der Waals surface area contributed by atoms with Gasteiger partial charge in [-0.1, -0.05) is 12.1 Å². The first-order valence-corrected chi connectivity index (χ1v) is 8.61. The Morgan fingerprint density at radius 2 is 1.68 bits per heavy atom. The lowest BCUT2D eigenvalue weighted by molar-refractivity contribution is -0.125. The van der Waals surface area contributed by atoms with E-state index in [1.807, 2.05) is 0 Å². The van der Waals surface area contributed by atoms with Gasteiger partial charge in [0.15, 0.2) is 6.61 Å². The fourth-order valence-corrected chi connectivity index (χ4v) is 2.92. The molecule has 0 saturated heterocycles. The SMILES string of the molecule is NC(=O)NCc1ccc(C(=O)OCC(=O)NC(C2CC2)C2CC2)cc1. The minimum Gasteiger partial charge on any atom is -0.452 e. The maximum absolute atomic E-state index is 12.0. The summed E-state index contributed by atoms with van der Waals surface area (Å²) in [6, 6.07) is 6.23. The summed E-state index contributed by atoms with van der Waals surface area (Å²) >= 11 is 0. The van der Waals surface area contributed by atoms with Crippen molar-refractivity contribution in [1.29, 1.82) is 0 Å². The molecule has 7 nitrogen and oxygen atoms in total. The first kappa shape index (κ1) is 17.3. The zero-order valence-electron chi connectivity index (χ0n) is 14.0. The van der Waals surface area contributed by atoms with E-state index in [0.29, 0.717) is 17.4 Å². The van der Waals surface area contributed by atoms with Gasteiger partial charge < -0.3 is 21.1 Å². The fourth-order valence-electron chi connectivity index (χ4n) is 2.92. The minimum atomic E-state index is -0.606. The molecule has 7 heteroatoms. The van der Waals surface area contributed by atoms with Crippen LogP contribution in [0.3, 0.4) is 0 Å². The lowest BCUT2D eigenvalue weighted by Crippen LogP contribution is -2.40. The third-order valence-electron chi connectivity index (χ3n) is 4.58. The Labute approximate surface area is 146 Å². The van der Waals surface area contributed by atoms with Gasteiger partial charge in [-0.2, -0.15) is 0 Å². The summed E-state index contributed by atoms with van der Waals surface area (Å²) in [5, 5.41) is 5.48. The molecule has 0 heterocycles. The van der Waals surface area contributed by atoms with Gasteiger partial charge in [0.05, 0.1) is 5.56 Å². The predicted molar refractivity (Wildman–Crippen MR) is 90.5 cm³/mol. The van der Waals surface area contributed by atoms with Crippen LogP contribution in [0.1, 0.15) is 41.6 Å². The van der Waals surface area contributed by atoms with Crippen LogP contribution in [0.5, 0.6) is 0 Å². The highest BCUT2D eigenvalue weighted by Crippen LogP contribution is 2.44. The molecule has 2 aliphatic carbocycles. The number of benzene rings is 1. The van der Waals surface area contributed by atoms with E-state index in [4.69, 9.17) is 10.5 Å². The van der Waals surface area contributed by atoms with E-state index in [2.05, 4.69) is 10.6 Å². The highest BCUT2D eigenvalue weighted by Gasteiger charge is 2.42. The number of urea groups is 1. The number of nitrogens with one attached hydrogen (secondary N) is 2. The Morgan fingerprint density at radius 3 is 2.20 bits per heavy atom. The molecule has 134 valence electrons. The summed E-state index contributed by atoms with van der Waals surface area (Å²) in [5.74, 6) is 0.431. The topological polar surface area (TPSA) is 111 Å². The maximum Gasteiger partial charge on any atom is 0.338 e. The fraction of sp³-hybridized carbons (Fsp3) is 0.500. The molecule has 0 atom stereocenters. The molecule has 2 fully saturated rings. The second kappa shape index (κ2) is 7.55. The lowest BCUT2D eigenvalue weighted by atomic mass is 10.1. The number of hydrogen-bond acceptors (Lipinski definition) is 4. The van der Waals surface area contributed by atoms with Gasteiger partial charge in [-0.3, -0.25) is 4.79 Å². The summed E-state index contributed by atoms with van der Waals surface area (Å²) in [6.07, 6.45) is 4.72. The molecule has 3 rings (SSSR count). The van der Waals surface area contributed by atoms with E-state index < -0.39 is 12.0 Å². The third kappa shape index (κ3) is 5.20. The number of nitrogens with two attached hydrogens (primary N) is 1. The number of ether oxygens (including phenoxy) is 1. The van der Waals surface area contributed by atoms with Crippen molar-refractivity contribution in [3.63, 3.8) is 0 Å². The number of rotatable bonds is 8. The van der Waals surface area contributed by atoms with Gasteiger partial charge in [0.1, 0.15) is 0 Å². The number of hydrogen-bond donors (Lipinski definition) is 3. The second-order valence-corrected chi connectivity index (χ2v) is 6.76. The Hall–Kier alpha value is -2.57. The van der Waals surface area contributed by atoms with E-state index in [1.54, 1.807) is 24.3 Å². The predicted octanol–water partition coefficient (Wildman–Crippen LogP) is 1.32. The number of primary amides is 1. The van der Waals surface area contributed by atoms with Crippen molar-refractivity contribution in [2.45, 2.75) is 38.3 Å². The van der Waals surface area contributed by atoms with E-state index in [-0.39, 0.29) is 25.1 Å². The van der Waals surface area contributed by atoms with Crippen LogP contribution in [-0.4, -0.2) is 30.6 Å². The van der Waals surface area contributed by atoms with Gasteiger partial charge in [0.2, 0.25) is 0 Å². The van der Waals surface area contributed by atoms with E-state index >= 15 is 0 Å². The van der Waals surface area contributed by atoms with E-state index in [1.165, 1.54) is 25.7 Å². The van der Waals surface area contributed by atoms with Crippen LogP contribution in [0.2, 0.25) is 0 Å². The van der Waals surface area contributed by atoms with Crippen LogP contribution < -0.4 is 16.4 Å². The zero-order valence-corrected chi connectivity index (χ0v) is 14.0. The van der Waals surface area contributed by atoms with Crippen LogP contribution in [0.15, 0.2) is 24.3 Å². The molecule has 25 heavy (non-hydrogen) atoms. The zero-order chi connectivity index (χ0) is 17.8. The van der Waals surface area contributed by atoms with Crippen LogP contribution >= 0.6 is 0 Å². The Bertz CT molecular complexity index is 639. The summed E-state index contributed by atoms with van der Waals surface area (Å²) in [6.45, 7) is 0.0243. The average Bonchev–Trinajstić information content (AvgIpc) is 3.48. The van der Waals surface area contributed by atoms with Gasteiger partial charge >= 0.3 is 12.0 Å². The molecule has 1 aromatic rings. The molecule has 0 unspecified atom stereocenters. The van der Waals surface area contributed by atoms with Gasteiger partial charge in [-0.15, -0.1) is 0 Å². The van der Waals surface area contributed by atoms with Gasteiger partial charge in [0, 0.05) is 12.6 Å². The smallest absolute Gasteiger partial charge is 0.338 e. The second-order valence-electron chi connectivity index (χ2n) is 6.76. The standard InChI is InChI=1S/C18H23N3O4/c19-18(24)20-9-11-1-3-14(4-2-11)17(23)25-10-15(22)21-16(12-5-6-12)13-7-8-13/h1-4,12-13,16H,5-10H2,(H,21,22)(H3,19,20,24). The third-order valence-corrected chi connectivity index (χ3v) is 4.58. The van der Waals surface area contributed by atoms with Crippen molar-refractivity contribution < 1.29 is 19.1 Å². The van der Waals surface area contributed by atoms with Crippen molar-refractivity contribution in [2.24, 2.45) is 17.6 Å². The first-order valence-electron chi connectivity index (χ1n) is 8.61. The Morgan fingerprint density at radius 1 is 1.08 bits per heavy atom. The van der Waals surface area contributed by atoms with E-state index in [0.717, 1.165) is 5.56 Å². The van der Waals surface area contributed by atoms with Crippen LogP contribution in [0, 0.1) is 11.8 Å². The number of carbonyl (C=O) groups excluding carboxylic acids is 3. The van der Waals surface area contributed by atoms with Crippen LogP contribution in [0.4, 0.5) is 4.79 Å². The normalized spacial score (nSPS) is 16.4. The highest BCUT2D eigenvalue weighted by molar-refractivity contribution is 5.91. The first-order chi connectivity index (χ1) is 12.0. The molecule has 0 spiro atoms. The maximum atomic E-state index is 12.0. The Kier molecular flexibility index (Phi) is 5.21. The molecule has 1 aromatic carbocycles. The van der Waals surface area contributed by atoms with Crippen molar-refractivity contribution in [3.05, 3.63) is 35.4 Å². The lowest BCUT2D eigenvalue weighted by Gasteiger charge is -2.17. The number of carbonyl (C=O) groups is 3. The van der Waals surface area contributed by atoms with Crippen LogP contribution in [-0.2, 0) is 16.1 Å². The molecular weight excluding hydrogens is 322 g/mol. The average molecular weight is 345 g/mol. The molecular formula is C18H23N3O4. The summed E-state index contributed by atoms with van der Waals surface area (Å²) in [5.41, 5.74) is 6.17. The van der Waals surface area contributed by atoms with Crippen molar-refractivity contribution in [1.82, 2.24) is 10.6 Å². The summed E-state index contributed by atoms with van der Waals surface area (Å²) in [4.78, 5) is 34.7. The largest absolute Gasteiger partial charge is 0.452 e. The molecule has 4 N–H and O–H groups in total. The van der Waals surface area contributed by atoms with Gasteiger partial charge in [0.25, 0.3) is 5.91 Å². The van der Waals surface area contributed by atoms with Crippen molar-refractivity contribution in [2.75, 3.05) is 6.61 Å². The number of esters is 1. The molecule has 0 radical (unpaired) electrons. The Balaban J connectivity index is 1.43. The quantitative estimate of drug-likeness (QED) is 0.617. The van der Waals surface area contributed by atoms with Gasteiger partial charge in [-0.05, 0) is 55.2 Å². The number of amides is 3. The van der Waals surface area contributed by atoms with Crippen LogP contribution in [0.25, 0.3) is 0 Å².